The van der Waals surface area contributed by atoms with Crippen molar-refractivity contribution in [3.8, 4) is 5.75 Å². The number of carbonyl (C=O) groups excluding carboxylic acids is 1. The molecule has 1 saturated heterocycles. The van der Waals surface area contributed by atoms with Gasteiger partial charge in [-0.05, 0) is 37.0 Å². The Hall–Kier alpha value is -1.60. The number of sulfonamides is 1. The maximum absolute atomic E-state index is 12.4. The Morgan fingerprint density at radius 2 is 1.88 bits per heavy atom. The molecule has 2 rings (SSSR count). The zero-order valence-electron chi connectivity index (χ0n) is 15.0. The first-order valence-corrected chi connectivity index (χ1v) is 10.5. The van der Waals surface area contributed by atoms with Crippen molar-refractivity contribution in [2.75, 3.05) is 26.0 Å². The molecule has 1 aromatic carbocycles. The molecule has 7 heteroatoms. The fourth-order valence-electron chi connectivity index (χ4n) is 2.92. The zero-order chi connectivity index (χ0) is 18.3. The number of nitrogens with zero attached hydrogens (tertiary/aromatic N) is 1. The van der Waals surface area contributed by atoms with E-state index in [1.807, 2.05) is 36.1 Å². The van der Waals surface area contributed by atoms with Gasteiger partial charge in [0.25, 0.3) is 0 Å². The van der Waals surface area contributed by atoms with Gasteiger partial charge in [-0.25, -0.2) is 13.1 Å². The summed E-state index contributed by atoms with van der Waals surface area (Å²) in [6, 6.07) is 7.42. The Morgan fingerprint density at radius 3 is 2.44 bits per heavy atom. The van der Waals surface area contributed by atoms with Gasteiger partial charge in [0.15, 0.2) is 0 Å². The van der Waals surface area contributed by atoms with E-state index in [4.69, 9.17) is 4.74 Å². The van der Waals surface area contributed by atoms with Crippen LogP contribution in [-0.4, -0.2) is 51.2 Å². The standard InChI is InChI=1S/C18H28N2O4S/c1-3-4-13-25(22,23)19-16-9-11-20(12-10-16)18(21)14-15-5-7-17(24-2)8-6-15/h5-8,16,19H,3-4,9-14H2,1-2H3. The van der Waals surface area contributed by atoms with Crippen molar-refractivity contribution in [2.24, 2.45) is 0 Å². The van der Waals surface area contributed by atoms with E-state index in [2.05, 4.69) is 4.72 Å². The Bertz CT molecular complexity index is 650. The van der Waals surface area contributed by atoms with Gasteiger partial charge in [0.05, 0.1) is 19.3 Å². The monoisotopic (exact) mass is 368 g/mol. The van der Waals surface area contributed by atoms with E-state index in [1.165, 1.54) is 0 Å². The van der Waals surface area contributed by atoms with Crippen molar-refractivity contribution >= 4 is 15.9 Å². The summed E-state index contributed by atoms with van der Waals surface area (Å²) in [6.07, 6.45) is 3.23. The Kier molecular flexibility index (Phi) is 7.25. The quantitative estimate of drug-likeness (QED) is 0.761. The van der Waals surface area contributed by atoms with E-state index < -0.39 is 10.0 Å². The highest BCUT2D eigenvalue weighted by atomic mass is 32.2. The molecule has 6 nitrogen and oxygen atoms in total. The normalized spacial score (nSPS) is 16.0. The van der Waals surface area contributed by atoms with E-state index in [0.29, 0.717) is 38.8 Å². The number of piperidine rings is 1. The number of carbonyl (C=O) groups is 1. The van der Waals surface area contributed by atoms with E-state index >= 15 is 0 Å². The average Bonchev–Trinajstić information content (AvgIpc) is 2.61. The smallest absolute Gasteiger partial charge is 0.226 e. The summed E-state index contributed by atoms with van der Waals surface area (Å²) >= 11 is 0. The van der Waals surface area contributed by atoms with Crippen LogP contribution in [0.4, 0.5) is 0 Å². The molecular weight excluding hydrogens is 340 g/mol. The van der Waals surface area contributed by atoms with Crippen LogP contribution in [0.25, 0.3) is 0 Å². The maximum atomic E-state index is 12.4. The summed E-state index contributed by atoms with van der Waals surface area (Å²) in [7, 11) is -1.59. The van der Waals surface area contributed by atoms with Crippen molar-refractivity contribution in [3.05, 3.63) is 29.8 Å². The molecule has 1 aromatic rings. The summed E-state index contributed by atoms with van der Waals surface area (Å²) in [5.41, 5.74) is 0.952. The molecule has 25 heavy (non-hydrogen) atoms. The first-order chi connectivity index (χ1) is 11.9. The maximum Gasteiger partial charge on any atom is 0.226 e. The molecule has 1 amide bonds. The summed E-state index contributed by atoms with van der Waals surface area (Å²) < 4.78 is 31.8. The molecule has 140 valence electrons. The molecule has 0 spiro atoms. The van der Waals surface area contributed by atoms with Gasteiger partial charge in [0.1, 0.15) is 5.75 Å². The second-order valence-corrected chi connectivity index (χ2v) is 8.34. The molecule has 1 N–H and O–H groups in total. The number of methoxy groups -OCH3 is 1. The number of ether oxygens (including phenoxy) is 1. The van der Waals surface area contributed by atoms with Gasteiger partial charge in [-0.2, -0.15) is 0 Å². The molecule has 0 unspecified atom stereocenters. The van der Waals surface area contributed by atoms with Crippen molar-refractivity contribution < 1.29 is 17.9 Å². The number of benzene rings is 1. The fourth-order valence-corrected chi connectivity index (χ4v) is 4.45. The molecule has 0 saturated carbocycles. The predicted octanol–water partition coefficient (Wildman–Crippen LogP) is 1.95. The van der Waals surface area contributed by atoms with Gasteiger partial charge in [0.2, 0.25) is 15.9 Å². The van der Waals surface area contributed by atoms with Gasteiger partial charge in [0, 0.05) is 19.1 Å². The summed E-state index contributed by atoms with van der Waals surface area (Å²) in [5, 5.41) is 0. The van der Waals surface area contributed by atoms with E-state index in [9.17, 15) is 13.2 Å². The third kappa shape index (κ3) is 6.32. The van der Waals surface area contributed by atoms with Crippen molar-refractivity contribution in [1.29, 1.82) is 0 Å². The highest BCUT2D eigenvalue weighted by Gasteiger charge is 2.25. The molecule has 0 radical (unpaired) electrons. The van der Waals surface area contributed by atoms with E-state index in [1.54, 1.807) is 7.11 Å². The molecule has 1 fully saturated rings. The molecule has 1 aliphatic heterocycles. The van der Waals surface area contributed by atoms with Gasteiger partial charge >= 0.3 is 0 Å². The number of rotatable bonds is 8. The third-order valence-electron chi connectivity index (χ3n) is 4.47. The minimum Gasteiger partial charge on any atom is -0.497 e. The van der Waals surface area contributed by atoms with Crippen LogP contribution in [0.5, 0.6) is 5.75 Å². The molecule has 1 aliphatic rings. The number of likely N-dealkylation sites (tertiary alicyclic amines) is 1. The summed E-state index contributed by atoms with van der Waals surface area (Å²) in [5.74, 6) is 1.03. The van der Waals surface area contributed by atoms with Crippen molar-refractivity contribution in [2.45, 2.75) is 45.1 Å². The van der Waals surface area contributed by atoms with Gasteiger partial charge < -0.3 is 9.64 Å². The molecular formula is C18H28N2O4S. The second-order valence-electron chi connectivity index (χ2n) is 6.47. The lowest BCUT2D eigenvalue weighted by Gasteiger charge is -2.32. The van der Waals surface area contributed by atoms with Crippen LogP contribution >= 0.6 is 0 Å². The third-order valence-corrected chi connectivity index (χ3v) is 5.99. The lowest BCUT2D eigenvalue weighted by Crippen LogP contribution is -2.47. The summed E-state index contributed by atoms with van der Waals surface area (Å²) in [6.45, 7) is 3.16. The minimum atomic E-state index is -3.20. The van der Waals surface area contributed by atoms with Gasteiger partial charge in [-0.15, -0.1) is 0 Å². The summed E-state index contributed by atoms with van der Waals surface area (Å²) in [4.78, 5) is 14.2. The molecule has 0 aliphatic carbocycles. The Labute approximate surface area is 150 Å². The fraction of sp³-hybridized carbons (Fsp3) is 0.611. The zero-order valence-corrected chi connectivity index (χ0v) is 15.8. The molecule has 0 atom stereocenters. The van der Waals surface area contributed by atoms with E-state index in [-0.39, 0.29) is 17.7 Å². The van der Waals surface area contributed by atoms with Crippen molar-refractivity contribution in [1.82, 2.24) is 9.62 Å². The lowest BCUT2D eigenvalue weighted by atomic mass is 10.0. The first-order valence-electron chi connectivity index (χ1n) is 8.84. The van der Waals surface area contributed by atoms with Crippen LogP contribution in [0, 0.1) is 0 Å². The highest BCUT2D eigenvalue weighted by molar-refractivity contribution is 7.89. The van der Waals surface area contributed by atoms with Crippen LogP contribution in [0.1, 0.15) is 38.2 Å². The highest BCUT2D eigenvalue weighted by Crippen LogP contribution is 2.16. The number of nitrogens with one attached hydrogen (secondary N) is 1. The number of unbranched alkanes of at least 4 members (excludes halogenated alkanes) is 1. The Morgan fingerprint density at radius 1 is 1.24 bits per heavy atom. The van der Waals surface area contributed by atoms with Crippen LogP contribution in [0.2, 0.25) is 0 Å². The lowest BCUT2D eigenvalue weighted by molar-refractivity contribution is -0.131. The van der Waals surface area contributed by atoms with Crippen molar-refractivity contribution in [3.63, 3.8) is 0 Å². The molecule has 1 heterocycles. The number of hydrogen-bond acceptors (Lipinski definition) is 4. The van der Waals surface area contributed by atoms with Crippen LogP contribution in [0.3, 0.4) is 0 Å². The SMILES string of the molecule is CCCCS(=O)(=O)NC1CCN(C(=O)Cc2ccc(OC)cc2)CC1. The molecule has 0 aromatic heterocycles. The topological polar surface area (TPSA) is 75.7 Å². The van der Waals surface area contributed by atoms with Gasteiger partial charge in [-0.3, -0.25) is 4.79 Å². The van der Waals surface area contributed by atoms with Crippen LogP contribution < -0.4 is 9.46 Å². The largest absolute Gasteiger partial charge is 0.497 e. The Balaban J connectivity index is 1.79. The predicted molar refractivity (Wildman–Crippen MR) is 98.1 cm³/mol. The second kappa shape index (κ2) is 9.20. The molecule has 0 bridgehead atoms. The van der Waals surface area contributed by atoms with Crippen LogP contribution in [-0.2, 0) is 21.2 Å². The van der Waals surface area contributed by atoms with Gasteiger partial charge in [-0.1, -0.05) is 25.5 Å². The minimum absolute atomic E-state index is 0.0631. The van der Waals surface area contributed by atoms with Crippen LogP contribution in [0.15, 0.2) is 24.3 Å². The van der Waals surface area contributed by atoms with E-state index in [0.717, 1.165) is 17.7 Å². The average molecular weight is 368 g/mol. The number of amides is 1. The first kappa shape index (κ1) is 19.7. The number of hydrogen-bond donors (Lipinski definition) is 1.